The summed E-state index contributed by atoms with van der Waals surface area (Å²) in [6.45, 7) is 2.98. The fourth-order valence-corrected chi connectivity index (χ4v) is 4.97. The van der Waals surface area contributed by atoms with Gasteiger partial charge < -0.3 is 19.8 Å². The van der Waals surface area contributed by atoms with Crippen LogP contribution in [0.3, 0.4) is 0 Å². The van der Waals surface area contributed by atoms with Crippen molar-refractivity contribution in [1.82, 2.24) is 19.6 Å². The number of nitrogens with zero attached hydrogens (tertiary/aromatic N) is 4. The second-order valence-corrected chi connectivity index (χ2v) is 8.72. The molecule has 1 aromatic rings. The van der Waals surface area contributed by atoms with Crippen molar-refractivity contribution in [2.75, 3.05) is 53.4 Å². The second-order valence-electron chi connectivity index (χ2n) is 8.72. The summed E-state index contributed by atoms with van der Waals surface area (Å²) >= 11 is 0. The molecule has 2 atom stereocenters. The van der Waals surface area contributed by atoms with Crippen molar-refractivity contribution in [2.45, 2.75) is 13.0 Å². The molecule has 0 aliphatic carbocycles. The highest BCUT2D eigenvalue weighted by atomic mass is 16.4. The number of fused-ring (bicyclic) bond motifs is 2. The second kappa shape index (κ2) is 7.33. The number of rotatable bonds is 3. The maximum absolute atomic E-state index is 12.9. The van der Waals surface area contributed by atoms with Gasteiger partial charge in [-0.1, -0.05) is 24.3 Å². The minimum absolute atomic E-state index is 0.0232. The molecule has 3 aliphatic heterocycles. The van der Waals surface area contributed by atoms with Crippen LogP contribution in [0.2, 0.25) is 0 Å². The number of carbonyl (C=O) groups is 3. The van der Waals surface area contributed by atoms with Gasteiger partial charge in [0.15, 0.2) is 0 Å². The van der Waals surface area contributed by atoms with Crippen molar-refractivity contribution >= 4 is 17.9 Å². The lowest BCUT2D eigenvalue weighted by Gasteiger charge is -2.31. The minimum atomic E-state index is -1.06. The van der Waals surface area contributed by atoms with Gasteiger partial charge in [-0.2, -0.15) is 0 Å². The van der Waals surface area contributed by atoms with E-state index in [2.05, 4.69) is 17.0 Å². The number of aliphatic carboxylic acids is 1. The highest BCUT2D eigenvalue weighted by molar-refractivity contribution is 5.84. The summed E-state index contributed by atoms with van der Waals surface area (Å²) in [6.07, 6.45) is 0.923. The molecule has 1 N–H and O–H groups in total. The van der Waals surface area contributed by atoms with Crippen LogP contribution in [0.25, 0.3) is 0 Å². The number of likely N-dealkylation sites (tertiary alicyclic amines) is 2. The van der Waals surface area contributed by atoms with Crippen LogP contribution in [0, 0.1) is 11.3 Å². The molecule has 4 rings (SSSR count). The Hall–Kier alpha value is -2.61. The van der Waals surface area contributed by atoms with E-state index in [1.165, 1.54) is 16.0 Å². The number of carboxylic acid groups (broad SMARTS) is 1. The number of urea groups is 1. The Bertz CT molecular complexity index is 842. The van der Waals surface area contributed by atoms with Crippen LogP contribution in [0.4, 0.5) is 4.79 Å². The van der Waals surface area contributed by atoms with Crippen molar-refractivity contribution in [3.63, 3.8) is 0 Å². The first-order valence-electron chi connectivity index (χ1n) is 10.1. The molecule has 0 bridgehead atoms. The smallest absolute Gasteiger partial charge is 0.319 e. The predicted molar refractivity (Wildman–Crippen MR) is 106 cm³/mol. The summed E-state index contributed by atoms with van der Waals surface area (Å²) in [5.41, 5.74) is 1.53. The predicted octanol–water partition coefficient (Wildman–Crippen LogP) is 0.571. The Morgan fingerprint density at radius 1 is 1.10 bits per heavy atom. The first-order chi connectivity index (χ1) is 13.8. The molecule has 3 heterocycles. The van der Waals surface area contributed by atoms with Crippen LogP contribution in [0.5, 0.6) is 0 Å². The number of amides is 3. The summed E-state index contributed by atoms with van der Waals surface area (Å²) in [6, 6.07) is 8.11. The molecule has 2 saturated heterocycles. The van der Waals surface area contributed by atoms with E-state index in [4.69, 9.17) is 0 Å². The average molecular weight is 400 g/mol. The molecule has 8 nitrogen and oxygen atoms in total. The molecule has 3 aliphatic rings. The number of carbonyl (C=O) groups excluding carboxylic acids is 2. The average Bonchev–Trinajstić information content (AvgIpc) is 3.23. The molecule has 0 saturated carbocycles. The van der Waals surface area contributed by atoms with Gasteiger partial charge in [0, 0.05) is 59.3 Å². The molecule has 0 spiro atoms. The fraction of sp³-hybridized carbons (Fsp3) is 0.571. The van der Waals surface area contributed by atoms with Gasteiger partial charge in [-0.25, -0.2) is 4.79 Å². The summed E-state index contributed by atoms with van der Waals surface area (Å²) in [7, 11) is 3.33. The van der Waals surface area contributed by atoms with Crippen LogP contribution < -0.4 is 0 Å². The van der Waals surface area contributed by atoms with Crippen LogP contribution in [-0.4, -0.2) is 96.0 Å². The molecule has 156 valence electrons. The molecule has 0 unspecified atom stereocenters. The third-order valence-electron chi connectivity index (χ3n) is 6.61. The molecular formula is C21H28N4O4. The van der Waals surface area contributed by atoms with Crippen molar-refractivity contribution in [2.24, 2.45) is 11.3 Å². The van der Waals surface area contributed by atoms with Crippen molar-refractivity contribution in [3.05, 3.63) is 35.4 Å². The zero-order chi connectivity index (χ0) is 20.8. The largest absolute Gasteiger partial charge is 0.481 e. The lowest BCUT2D eigenvalue weighted by Crippen LogP contribution is -2.47. The lowest BCUT2D eigenvalue weighted by atomic mass is 9.81. The Kier molecular flexibility index (Phi) is 4.98. The summed E-state index contributed by atoms with van der Waals surface area (Å²) in [4.78, 5) is 44.3. The molecule has 0 radical (unpaired) electrons. The Balaban J connectivity index is 1.41. The van der Waals surface area contributed by atoms with E-state index in [0.29, 0.717) is 19.6 Å². The molecular weight excluding hydrogens is 372 g/mol. The van der Waals surface area contributed by atoms with E-state index < -0.39 is 11.4 Å². The van der Waals surface area contributed by atoms with Gasteiger partial charge in [-0.05, 0) is 17.5 Å². The van der Waals surface area contributed by atoms with Gasteiger partial charge in [0.25, 0.3) is 0 Å². The molecule has 1 aromatic carbocycles. The number of hydrogen-bond acceptors (Lipinski definition) is 4. The maximum Gasteiger partial charge on any atom is 0.319 e. The molecule has 0 aromatic heterocycles. The third kappa shape index (κ3) is 3.46. The van der Waals surface area contributed by atoms with E-state index in [9.17, 15) is 19.5 Å². The van der Waals surface area contributed by atoms with Crippen LogP contribution in [0.15, 0.2) is 24.3 Å². The quantitative estimate of drug-likeness (QED) is 0.802. The zero-order valence-corrected chi connectivity index (χ0v) is 17.0. The SMILES string of the molecule is CN(C)C(=O)N1C[C@H]2CN(C(=O)CN3CCc4ccccc4C3)C[C@@]2(C(=O)O)C1. The molecule has 3 amide bonds. The fourth-order valence-electron chi connectivity index (χ4n) is 4.97. The normalized spacial score (nSPS) is 26.2. The van der Waals surface area contributed by atoms with Crippen molar-refractivity contribution < 1.29 is 19.5 Å². The van der Waals surface area contributed by atoms with Gasteiger partial charge in [0.05, 0.1) is 6.54 Å². The van der Waals surface area contributed by atoms with Gasteiger partial charge in [0.2, 0.25) is 5.91 Å². The highest BCUT2D eigenvalue weighted by Gasteiger charge is 2.59. The van der Waals surface area contributed by atoms with Crippen LogP contribution >= 0.6 is 0 Å². The number of hydrogen-bond donors (Lipinski definition) is 1. The van der Waals surface area contributed by atoms with E-state index in [1.807, 2.05) is 12.1 Å². The van der Waals surface area contributed by atoms with E-state index in [0.717, 1.165) is 19.5 Å². The first kappa shape index (κ1) is 19.7. The summed E-state index contributed by atoms with van der Waals surface area (Å²) < 4.78 is 0. The van der Waals surface area contributed by atoms with Gasteiger partial charge in [-0.15, -0.1) is 0 Å². The first-order valence-corrected chi connectivity index (χ1v) is 10.1. The standard InChI is InChI=1S/C21H28N4O4/c1-22(2)20(29)25-11-17-10-24(13-21(17,14-25)19(27)28)18(26)12-23-8-7-15-5-3-4-6-16(15)9-23/h3-6,17H,7-14H2,1-2H3,(H,27,28)/t17-,21-/m1/s1. The lowest BCUT2D eigenvalue weighted by molar-refractivity contribution is -0.149. The monoisotopic (exact) mass is 400 g/mol. The molecule has 8 heteroatoms. The van der Waals surface area contributed by atoms with Gasteiger partial charge >= 0.3 is 12.0 Å². The summed E-state index contributed by atoms with van der Waals surface area (Å²) in [5, 5.41) is 9.94. The van der Waals surface area contributed by atoms with Crippen LogP contribution in [-0.2, 0) is 22.6 Å². The van der Waals surface area contributed by atoms with Gasteiger partial charge in [0.1, 0.15) is 5.41 Å². The molecule has 2 fully saturated rings. The number of benzene rings is 1. The van der Waals surface area contributed by atoms with Crippen molar-refractivity contribution in [3.8, 4) is 0 Å². The highest BCUT2D eigenvalue weighted by Crippen LogP contribution is 2.43. The number of carboxylic acids is 1. The topological polar surface area (TPSA) is 84.4 Å². The van der Waals surface area contributed by atoms with Crippen LogP contribution in [0.1, 0.15) is 11.1 Å². The zero-order valence-electron chi connectivity index (χ0n) is 17.0. The van der Waals surface area contributed by atoms with E-state index >= 15 is 0 Å². The Morgan fingerprint density at radius 3 is 2.41 bits per heavy atom. The van der Waals surface area contributed by atoms with E-state index in [1.54, 1.807) is 23.9 Å². The molecule has 29 heavy (non-hydrogen) atoms. The Labute approximate surface area is 170 Å². The van der Waals surface area contributed by atoms with E-state index in [-0.39, 0.29) is 30.9 Å². The summed E-state index contributed by atoms with van der Waals surface area (Å²) in [5.74, 6) is -1.17. The van der Waals surface area contributed by atoms with Crippen molar-refractivity contribution in [1.29, 1.82) is 0 Å². The minimum Gasteiger partial charge on any atom is -0.481 e. The van der Waals surface area contributed by atoms with Gasteiger partial charge in [-0.3, -0.25) is 14.5 Å². The maximum atomic E-state index is 12.9. The third-order valence-corrected chi connectivity index (χ3v) is 6.61. The Morgan fingerprint density at radius 2 is 1.76 bits per heavy atom.